The quantitative estimate of drug-likeness (QED) is 0.257. The second-order valence-corrected chi connectivity index (χ2v) is 12.8. The lowest BCUT2D eigenvalue weighted by molar-refractivity contribution is -0.140. The predicted molar refractivity (Wildman–Crippen MR) is 168 cm³/mol. The first-order valence-corrected chi connectivity index (χ1v) is 16.5. The average Bonchev–Trinajstić information content (AvgIpc) is 3.02. The van der Waals surface area contributed by atoms with Crippen LogP contribution in [0.15, 0.2) is 72.8 Å². The van der Waals surface area contributed by atoms with Crippen molar-refractivity contribution in [2.24, 2.45) is 0 Å². The van der Waals surface area contributed by atoms with Crippen LogP contribution in [0.3, 0.4) is 0 Å². The Kier molecular flexibility index (Phi) is 11.3. The van der Waals surface area contributed by atoms with Crippen LogP contribution in [0.25, 0.3) is 0 Å². The number of hydrogen-bond donors (Lipinski definition) is 1. The summed E-state index contributed by atoms with van der Waals surface area (Å²) in [4.78, 5) is 29.4. The van der Waals surface area contributed by atoms with Crippen LogP contribution in [-0.2, 0) is 32.6 Å². The summed E-state index contributed by atoms with van der Waals surface area (Å²) in [5.41, 5.74) is 1.77. The van der Waals surface area contributed by atoms with E-state index >= 15 is 0 Å². The molecular formula is C32H38ClN3O6S. The molecule has 0 aliphatic carbocycles. The number of benzene rings is 3. The Morgan fingerprint density at radius 2 is 1.65 bits per heavy atom. The number of hydrogen-bond acceptors (Lipinski definition) is 6. The summed E-state index contributed by atoms with van der Waals surface area (Å²) in [6.07, 6.45) is 1.92. The van der Waals surface area contributed by atoms with Crippen LogP contribution in [0.2, 0.25) is 5.02 Å². The van der Waals surface area contributed by atoms with Gasteiger partial charge in [0.2, 0.25) is 21.8 Å². The van der Waals surface area contributed by atoms with E-state index in [1.54, 1.807) is 42.5 Å². The maximum Gasteiger partial charge on any atom is 0.244 e. The zero-order valence-electron chi connectivity index (χ0n) is 24.5. The predicted octanol–water partition coefficient (Wildman–Crippen LogP) is 4.82. The second kappa shape index (κ2) is 15.1. The minimum Gasteiger partial charge on any atom is -0.486 e. The summed E-state index contributed by atoms with van der Waals surface area (Å²) in [7, 11) is -3.91. The van der Waals surface area contributed by atoms with E-state index in [2.05, 4.69) is 5.32 Å². The maximum absolute atomic E-state index is 14.3. The molecular weight excluding hydrogens is 590 g/mol. The molecule has 0 unspecified atom stereocenters. The number of carbonyl (C=O) groups is 2. The topological polar surface area (TPSA) is 105 Å². The number of nitrogens with zero attached hydrogens (tertiary/aromatic N) is 2. The number of halogens is 1. The lowest BCUT2D eigenvalue weighted by atomic mass is 10.0. The normalized spacial score (nSPS) is 13.2. The van der Waals surface area contributed by atoms with Crippen molar-refractivity contribution in [1.82, 2.24) is 10.2 Å². The van der Waals surface area contributed by atoms with Gasteiger partial charge in [-0.15, -0.1) is 0 Å². The Labute approximate surface area is 258 Å². The minimum absolute atomic E-state index is 0.0123. The third-order valence-electron chi connectivity index (χ3n) is 7.19. The van der Waals surface area contributed by atoms with Gasteiger partial charge in [-0.05, 0) is 42.7 Å². The molecule has 43 heavy (non-hydrogen) atoms. The molecule has 0 spiro atoms. The fourth-order valence-electron chi connectivity index (χ4n) is 4.78. The standard InChI is InChI=1S/C32H38ClN3O6S/c1-3-5-17-34-32(38)28(20-24-11-7-6-8-12-24)35(22-25-13-9-10-14-27(25)33)31(37)23-36(43(39,40)4-2)26-15-16-29-30(21-26)42-19-18-41-29/h6-16,21,28H,3-5,17-20,22-23H2,1-2H3,(H,34,38)/t28-/m0/s1. The van der Waals surface area contributed by atoms with E-state index in [0.717, 1.165) is 22.7 Å². The summed E-state index contributed by atoms with van der Waals surface area (Å²) in [5.74, 6) is -0.190. The zero-order chi connectivity index (χ0) is 30.8. The van der Waals surface area contributed by atoms with Crippen LogP contribution in [0.4, 0.5) is 5.69 Å². The molecule has 0 saturated carbocycles. The van der Waals surface area contributed by atoms with E-state index in [1.807, 2.05) is 37.3 Å². The third-order valence-corrected chi connectivity index (χ3v) is 9.30. The lowest BCUT2D eigenvalue weighted by Crippen LogP contribution is -2.53. The Morgan fingerprint density at radius 1 is 0.953 bits per heavy atom. The fourth-order valence-corrected chi connectivity index (χ4v) is 6.03. The highest BCUT2D eigenvalue weighted by Gasteiger charge is 2.34. The van der Waals surface area contributed by atoms with Gasteiger partial charge in [-0.25, -0.2) is 8.42 Å². The van der Waals surface area contributed by atoms with Crippen molar-refractivity contribution in [3.8, 4) is 11.5 Å². The molecule has 1 heterocycles. The highest BCUT2D eigenvalue weighted by Crippen LogP contribution is 2.35. The van der Waals surface area contributed by atoms with Gasteiger partial charge in [-0.3, -0.25) is 13.9 Å². The van der Waals surface area contributed by atoms with Gasteiger partial charge in [0.05, 0.1) is 11.4 Å². The van der Waals surface area contributed by atoms with Crippen molar-refractivity contribution in [2.75, 3.05) is 36.4 Å². The number of amides is 2. The molecule has 9 nitrogen and oxygen atoms in total. The van der Waals surface area contributed by atoms with Gasteiger partial charge in [-0.2, -0.15) is 0 Å². The summed E-state index contributed by atoms with van der Waals surface area (Å²) < 4.78 is 39.1. The molecule has 230 valence electrons. The van der Waals surface area contributed by atoms with Crippen molar-refractivity contribution in [3.63, 3.8) is 0 Å². The minimum atomic E-state index is -3.91. The van der Waals surface area contributed by atoms with Gasteiger partial charge in [0.1, 0.15) is 25.8 Å². The van der Waals surface area contributed by atoms with E-state index in [9.17, 15) is 18.0 Å². The van der Waals surface area contributed by atoms with Crippen LogP contribution in [0, 0.1) is 0 Å². The summed E-state index contributed by atoms with van der Waals surface area (Å²) in [6, 6.07) is 20.4. The number of anilines is 1. The molecule has 4 rings (SSSR count). The number of fused-ring (bicyclic) bond motifs is 1. The van der Waals surface area contributed by atoms with E-state index in [0.29, 0.717) is 41.8 Å². The van der Waals surface area contributed by atoms with Gasteiger partial charge in [0.25, 0.3) is 0 Å². The molecule has 3 aromatic rings. The highest BCUT2D eigenvalue weighted by molar-refractivity contribution is 7.92. The van der Waals surface area contributed by atoms with Crippen molar-refractivity contribution >= 4 is 39.1 Å². The monoisotopic (exact) mass is 627 g/mol. The molecule has 0 bridgehead atoms. The first kappa shape index (κ1) is 32.2. The van der Waals surface area contributed by atoms with Crippen molar-refractivity contribution < 1.29 is 27.5 Å². The molecule has 0 saturated heterocycles. The smallest absolute Gasteiger partial charge is 0.244 e. The number of nitrogens with one attached hydrogen (secondary N) is 1. The van der Waals surface area contributed by atoms with Crippen LogP contribution < -0.4 is 19.1 Å². The zero-order valence-corrected chi connectivity index (χ0v) is 26.1. The number of rotatable bonds is 14. The van der Waals surface area contributed by atoms with E-state index in [4.69, 9.17) is 21.1 Å². The van der Waals surface area contributed by atoms with Crippen molar-refractivity contribution in [2.45, 2.75) is 45.7 Å². The van der Waals surface area contributed by atoms with Gasteiger partial charge in [0, 0.05) is 30.6 Å². The molecule has 1 N–H and O–H groups in total. The molecule has 1 atom stereocenters. The first-order chi connectivity index (χ1) is 20.7. The van der Waals surface area contributed by atoms with Gasteiger partial charge >= 0.3 is 0 Å². The fraction of sp³-hybridized carbons (Fsp3) is 0.375. The van der Waals surface area contributed by atoms with Gasteiger partial charge in [-0.1, -0.05) is 73.5 Å². The van der Waals surface area contributed by atoms with Crippen LogP contribution in [0.1, 0.15) is 37.8 Å². The SMILES string of the molecule is CCCCNC(=O)[C@H](Cc1ccccc1)N(Cc1ccccc1Cl)C(=O)CN(c1ccc2c(c1)OCCO2)S(=O)(=O)CC. The molecule has 2 amide bonds. The Hall–Kier alpha value is -3.76. The second-order valence-electron chi connectivity index (χ2n) is 10.2. The first-order valence-electron chi connectivity index (χ1n) is 14.5. The van der Waals surface area contributed by atoms with Crippen LogP contribution in [-0.4, -0.2) is 63.2 Å². The highest BCUT2D eigenvalue weighted by atomic mass is 35.5. The molecule has 11 heteroatoms. The Bertz CT molecular complexity index is 1500. The largest absolute Gasteiger partial charge is 0.486 e. The number of carbonyl (C=O) groups excluding carboxylic acids is 2. The lowest BCUT2D eigenvalue weighted by Gasteiger charge is -2.34. The van der Waals surface area contributed by atoms with E-state index in [1.165, 1.54) is 11.8 Å². The van der Waals surface area contributed by atoms with Gasteiger partial charge in [0.15, 0.2) is 11.5 Å². The maximum atomic E-state index is 14.3. The van der Waals surface area contributed by atoms with Crippen LogP contribution in [0.5, 0.6) is 11.5 Å². The molecule has 0 radical (unpaired) electrons. The van der Waals surface area contributed by atoms with Gasteiger partial charge < -0.3 is 19.7 Å². The van der Waals surface area contributed by atoms with Crippen molar-refractivity contribution in [3.05, 3.63) is 88.9 Å². The summed E-state index contributed by atoms with van der Waals surface area (Å²) in [6.45, 7) is 4.22. The van der Waals surface area contributed by atoms with Crippen LogP contribution >= 0.6 is 11.6 Å². The van der Waals surface area contributed by atoms with E-state index in [-0.39, 0.29) is 30.3 Å². The molecule has 0 fully saturated rings. The molecule has 1 aliphatic heterocycles. The van der Waals surface area contributed by atoms with Crippen molar-refractivity contribution in [1.29, 1.82) is 0 Å². The molecule has 1 aliphatic rings. The Morgan fingerprint density at radius 3 is 2.35 bits per heavy atom. The number of sulfonamides is 1. The molecule has 0 aromatic heterocycles. The Balaban J connectivity index is 1.74. The average molecular weight is 628 g/mol. The third kappa shape index (κ3) is 8.42. The number of unbranched alkanes of at least 4 members (excludes halogenated alkanes) is 1. The summed E-state index contributed by atoms with van der Waals surface area (Å²) in [5, 5.41) is 3.41. The molecule has 3 aromatic carbocycles. The summed E-state index contributed by atoms with van der Waals surface area (Å²) >= 11 is 6.51. The number of ether oxygens (including phenoxy) is 2. The van der Waals surface area contributed by atoms with E-state index < -0.39 is 28.5 Å².